The van der Waals surface area contributed by atoms with Crippen LogP contribution in [0.25, 0.3) is 27.6 Å². The van der Waals surface area contributed by atoms with Crippen LogP contribution in [0.2, 0.25) is 0 Å². The molecule has 7 aromatic carbocycles. The molecule has 2 aromatic heterocycles. The van der Waals surface area contributed by atoms with Crippen molar-refractivity contribution in [1.82, 2.24) is 9.55 Å². The second kappa shape index (κ2) is 21.3. The quantitative estimate of drug-likeness (QED) is 0.121. The third kappa shape index (κ3) is 11.2. The first kappa shape index (κ1) is 59.0. The molecule has 0 saturated carbocycles. The fraction of sp³-hybridized carbons (Fsp3) is 0.333. The summed E-state index contributed by atoms with van der Waals surface area (Å²) in [6, 6.07) is 67.6. The van der Waals surface area contributed by atoms with Crippen molar-refractivity contribution in [2.45, 2.75) is 163 Å². The minimum absolute atomic E-state index is 0. The van der Waals surface area contributed by atoms with Crippen molar-refractivity contribution in [1.29, 1.82) is 0 Å². The summed E-state index contributed by atoms with van der Waals surface area (Å²) in [6.07, 6.45) is 1.95. The molecule has 0 saturated heterocycles. The van der Waals surface area contributed by atoms with Crippen LogP contribution >= 0.6 is 0 Å². The third-order valence-electron chi connectivity index (χ3n) is 16.9. The number of benzene rings is 7. The summed E-state index contributed by atoms with van der Waals surface area (Å²) in [6.45, 7) is 44.1. The molecule has 0 aliphatic carbocycles. The van der Waals surface area contributed by atoms with Crippen LogP contribution in [0.1, 0.15) is 169 Å². The van der Waals surface area contributed by atoms with Crippen LogP contribution in [0.15, 0.2) is 181 Å². The molecule has 10 rings (SSSR count). The number of hydrogen-bond donors (Lipinski definition) is 0. The normalized spacial score (nSPS) is 14.0. The molecule has 9 aromatic rings. The Kier molecular flexibility index (Phi) is 15.5. The molecule has 81 heavy (non-hydrogen) atoms. The molecule has 422 valence electrons. The molecular formula is C75H83N4OPt-3. The summed E-state index contributed by atoms with van der Waals surface area (Å²) >= 11 is 0. The van der Waals surface area contributed by atoms with Crippen molar-refractivity contribution in [3.63, 3.8) is 0 Å². The zero-order valence-electron chi connectivity index (χ0n) is 51.3. The van der Waals surface area contributed by atoms with Gasteiger partial charge >= 0.3 is 0 Å². The Bertz CT molecular complexity index is 3750. The Balaban J connectivity index is 0.00000792. The molecule has 0 amide bonds. The molecule has 6 heteroatoms. The van der Waals surface area contributed by atoms with Gasteiger partial charge in [0.25, 0.3) is 0 Å². The van der Waals surface area contributed by atoms with Crippen LogP contribution in [0.5, 0.6) is 11.5 Å². The zero-order valence-corrected chi connectivity index (χ0v) is 53.5. The SMILES string of the molecule is CC(C)(C)c1cc(Oc2[c-]c3c(c(C(C)(C)C)c2)c2ccccc2n3-c2cc(C(C)(C)c3ccccc3)ccn2)[c-]c(N2[CH-]N(c3cc(C(C)(C)C)cc(C(C)(C)C)c3)C(C(C)(C)c3ccccc3)=C2C(C)(C)c2ccccc2)c1.[Pt]. The van der Waals surface area contributed by atoms with Crippen LogP contribution in [0.3, 0.4) is 0 Å². The van der Waals surface area contributed by atoms with Crippen LogP contribution in [-0.4, -0.2) is 9.55 Å². The molecular weight excluding hydrogens is 1170 g/mol. The fourth-order valence-electron chi connectivity index (χ4n) is 11.7. The predicted molar refractivity (Wildman–Crippen MR) is 338 cm³/mol. The summed E-state index contributed by atoms with van der Waals surface area (Å²) in [5, 5.41) is 2.30. The number of para-hydroxylation sites is 1. The van der Waals surface area contributed by atoms with Gasteiger partial charge < -0.3 is 19.1 Å². The molecule has 3 heterocycles. The Morgan fingerprint density at radius 1 is 0.420 bits per heavy atom. The molecule has 0 fully saturated rings. The first-order chi connectivity index (χ1) is 37.5. The smallest absolute Gasteiger partial charge is 0.135 e. The van der Waals surface area contributed by atoms with Crippen LogP contribution in [-0.2, 0) is 59.0 Å². The largest absolute Gasteiger partial charge is 0.509 e. The molecule has 0 N–H and O–H groups in total. The number of pyridine rings is 1. The number of anilines is 2. The van der Waals surface area contributed by atoms with Crippen molar-refractivity contribution in [2.24, 2.45) is 0 Å². The van der Waals surface area contributed by atoms with Gasteiger partial charge in [0.15, 0.2) is 0 Å². The van der Waals surface area contributed by atoms with E-state index in [4.69, 9.17) is 9.72 Å². The topological polar surface area (TPSA) is 33.5 Å². The monoisotopic (exact) mass is 1250 g/mol. The van der Waals surface area contributed by atoms with E-state index in [1.165, 1.54) is 50.3 Å². The number of rotatable bonds is 11. The maximum Gasteiger partial charge on any atom is 0.135 e. The van der Waals surface area contributed by atoms with Crippen molar-refractivity contribution < 1.29 is 25.8 Å². The standard InChI is InChI=1S/C75H83N4O.Pt/c1-69(2,3)54-40-55(70(4,5)6)42-57(41-54)77-49-78(68(75(17,18)52-34-26-21-27-35-52)67(77)74(15,16)51-32-24-20-25-33-51)58-43-56(71(7,8)9)44-59(46-58)80-60-47-62(72(10,11)12)66-61-36-28-29-37-63(61)79(64(66)48-60)65-45-53(38-39-76-65)73(13,14)50-30-22-19-23-31-50;/h19-45,47,49H,1-18H3;/q-3;. The first-order valence-electron chi connectivity index (χ1n) is 28.7. The van der Waals surface area contributed by atoms with Gasteiger partial charge in [0, 0.05) is 77.6 Å². The number of aromatic nitrogens is 2. The maximum absolute atomic E-state index is 7.35. The van der Waals surface area contributed by atoms with E-state index in [-0.39, 0.29) is 48.1 Å². The molecule has 1 aliphatic heterocycles. The minimum atomic E-state index is -0.509. The minimum Gasteiger partial charge on any atom is -0.509 e. The molecule has 0 bridgehead atoms. The average molecular weight is 1250 g/mol. The van der Waals surface area contributed by atoms with Crippen molar-refractivity contribution in [3.05, 3.63) is 245 Å². The second-order valence-corrected chi connectivity index (χ2v) is 28.0. The van der Waals surface area contributed by atoms with Gasteiger partial charge in [-0.05, 0) is 90.8 Å². The van der Waals surface area contributed by atoms with E-state index in [1.54, 1.807) is 0 Å². The number of fused-ring (bicyclic) bond motifs is 3. The first-order valence-corrected chi connectivity index (χ1v) is 28.7. The van der Waals surface area contributed by atoms with E-state index in [0.29, 0.717) is 11.5 Å². The van der Waals surface area contributed by atoms with Crippen molar-refractivity contribution >= 4 is 33.2 Å². The number of hydrogen-bond acceptors (Lipinski definition) is 4. The van der Waals surface area contributed by atoms with E-state index in [9.17, 15) is 0 Å². The van der Waals surface area contributed by atoms with Gasteiger partial charge in [-0.1, -0.05) is 251 Å². The summed E-state index contributed by atoms with van der Waals surface area (Å²) in [7, 11) is 0. The van der Waals surface area contributed by atoms with Gasteiger partial charge in [0.2, 0.25) is 0 Å². The average Bonchev–Trinajstić information content (AvgIpc) is 4.24. The van der Waals surface area contributed by atoms with E-state index in [0.717, 1.165) is 44.6 Å². The summed E-state index contributed by atoms with van der Waals surface area (Å²) in [4.78, 5) is 10.0. The molecule has 0 unspecified atom stereocenters. The van der Waals surface area contributed by atoms with Gasteiger partial charge in [-0.15, -0.1) is 53.8 Å². The van der Waals surface area contributed by atoms with Gasteiger partial charge in [-0.3, -0.25) is 0 Å². The maximum atomic E-state index is 7.35. The molecule has 5 nitrogen and oxygen atoms in total. The zero-order chi connectivity index (χ0) is 57.5. The summed E-state index contributed by atoms with van der Waals surface area (Å²) in [5.74, 6) is 2.07. The van der Waals surface area contributed by atoms with E-state index >= 15 is 0 Å². The molecule has 0 atom stereocenters. The summed E-state index contributed by atoms with van der Waals surface area (Å²) < 4.78 is 9.63. The number of ether oxygens (including phenoxy) is 1. The van der Waals surface area contributed by atoms with Crippen LogP contribution < -0.4 is 14.5 Å². The van der Waals surface area contributed by atoms with Gasteiger partial charge in [0.1, 0.15) is 5.82 Å². The summed E-state index contributed by atoms with van der Waals surface area (Å²) in [5.41, 5.74) is 14.2. The number of nitrogens with zero attached hydrogens (tertiary/aromatic N) is 4. The van der Waals surface area contributed by atoms with E-state index in [1.807, 2.05) is 6.20 Å². The third-order valence-corrected chi connectivity index (χ3v) is 16.9. The van der Waals surface area contributed by atoms with Crippen LogP contribution in [0.4, 0.5) is 11.4 Å². The Labute approximate surface area is 499 Å². The van der Waals surface area contributed by atoms with Gasteiger partial charge in [0.05, 0.1) is 0 Å². The second-order valence-electron chi connectivity index (χ2n) is 28.0. The van der Waals surface area contributed by atoms with Gasteiger partial charge in [-0.25, -0.2) is 4.98 Å². The van der Waals surface area contributed by atoms with E-state index < -0.39 is 10.8 Å². The molecule has 0 radical (unpaired) electrons. The molecule has 1 aliphatic rings. The molecule has 0 spiro atoms. The van der Waals surface area contributed by atoms with Crippen molar-refractivity contribution in [3.8, 4) is 17.3 Å². The van der Waals surface area contributed by atoms with Crippen LogP contribution in [0, 0.1) is 18.8 Å². The Hall–Kier alpha value is -6.68. The Morgan fingerprint density at radius 3 is 1.41 bits per heavy atom. The van der Waals surface area contributed by atoms with Gasteiger partial charge in [-0.2, -0.15) is 0 Å². The number of allylic oxidation sites excluding steroid dienone is 2. The predicted octanol–water partition coefficient (Wildman–Crippen LogP) is 19.7. The Morgan fingerprint density at radius 2 is 0.889 bits per heavy atom. The van der Waals surface area contributed by atoms with Crippen molar-refractivity contribution in [2.75, 3.05) is 9.80 Å². The van der Waals surface area contributed by atoms with E-state index in [2.05, 4.69) is 322 Å². The fourth-order valence-corrected chi connectivity index (χ4v) is 11.7.